The van der Waals surface area contributed by atoms with E-state index >= 15 is 0 Å². The fraction of sp³-hybridized carbons (Fsp3) is 0.381. The maximum absolute atomic E-state index is 12.6. The summed E-state index contributed by atoms with van der Waals surface area (Å²) in [6.07, 6.45) is 0.734. The number of anilines is 1. The van der Waals surface area contributed by atoms with Crippen LogP contribution < -0.4 is 15.4 Å². The van der Waals surface area contributed by atoms with Gasteiger partial charge in [0, 0.05) is 17.8 Å². The van der Waals surface area contributed by atoms with Gasteiger partial charge >= 0.3 is 0 Å². The molecule has 3 N–H and O–H groups in total. The Kier molecular flexibility index (Phi) is 5.88. The first kappa shape index (κ1) is 20.5. The zero-order valence-corrected chi connectivity index (χ0v) is 17.2. The van der Waals surface area contributed by atoms with Crippen molar-refractivity contribution in [1.82, 2.24) is 10.0 Å². The molecule has 150 valence electrons. The highest BCUT2D eigenvalue weighted by Gasteiger charge is 2.30. The summed E-state index contributed by atoms with van der Waals surface area (Å²) >= 11 is 0. The molecule has 1 aliphatic rings. The second kappa shape index (κ2) is 8.03. The Labute approximate surface area is 166 Å². The molecule has 1 aliphatic heterocycles. The van der Waals surface area contributed by atoms with E-state index in [1.807, 2.05) is 18.2 Å². The van der Waals surface area contributed by atoms with Crippen LogP contribution in [0.5, 0.6) is 0 Å². The van der Waals surface area contributed by atoms with Gasteiger partial charge in [-0.15, -0.1) is 0 Å². The average molecular weight is 402 g/mol. The Hall–Kier alpha value is -2.22. The molecule has 0 radical (unpaired) electrons. The molecule has 0 aromatic heterocycles. The molecule has 2 aromatic rings. The van der Waals surface area contributed by atoms with E-state index in [4.69, 9.17) is 0 Å². The molecule has 0 bridgehead atoms. The van der Waals surface area contributed by atoms with Crippen molar-refractivity contribution in [2.45, 2.75) is 49.6 Å². The van der Waals surface area contributed by atoms with E-state index in [9.17, 15) is 13.2 Å². The lowest BCUT2D eigenvalue weighted by atomic mass is 9.96. The van der Waals surface area contributed by atoms with Gasteiger partial charge in [-0.05, 0) is 62.9 Å². The van der Waals surface area contributed by atoms with Crippen LogP contribution in [0.1, 0.15) is 38.7 Å². The molecule has 6 nitrogen and oxygen atoms in total. The van der Waals surface area contributed by atoms with Crippen LogP contribution in [0.4, 0.5) is 5.69 Å². The molecule has 3 rings (SSSR count). The van der Waals surface area contributed by atoms with E-state index in [1.54, 1.807) is 32.9 Å². The normalized spacial score (nSPS) is 20.1. The summed E-state index contributed by atoms with van der Waals surface area (Å²) in [5.41, 5.74) is 1.24. The van der Waals surface area contributed by atoms with Crippen LogP contribution in [0, 0.1) is 0 Å². The third-order valence-electron chi connectivity index (χ3n) is 4.59. The Morgan fingerprint density at radius 1 is 1.04 bits per heavy atom. The van der Waals surface area contributed by atoms with Crippen molar-refractivity contribution in [2.24, 2.45) is 0 Å². The second-order valence-electron chi connectivity index (χ2n) is 8.17. The van der Waals surface area contributed by atoms with Crippen molar-refractivity contribution in [2.75, 3.05) is 11.9 Å². The molecule has 0 spiro atoms. The number of sulfonamides is 1. The topological polar surface area (TPSA) is 87.3 Å². The summed E-state index contributed by atoms with van der Waals surface area (Å²) in [7, 11) is -3.59. The molecule has 7 heteroatoms. The lowest BCUT2D eigenvalue weighted by Crippen LogP contribution is -2.40. The van der Waals surface area contributed by atoms with E-state index in [2.05, 4.69) is 27.5 Å². The number of hydrogen-bond donors (Lipinski definition) is 3. The van der Waals surface area contributed by atoms with E-state index in [0.717, 1.165) is 13.0 Å². The van der Waals surface area contributed by atoms with E-state index < -0.39 is 15.6 Å². The minimum atomic E-state index is -3.59. The number of hydrogen-bond acceptors (Lipinski definition) is 4. The highest BCUT2D eigenvalue weighted by Crippen LogP contribution is 2.26. The van der Waals surface area contributed by atoms with E-state index in [0.29, 0.717) is 11.6 Å². The van der Waals surface area contributed by atoms with Gasteiger partial charge in [0.05, 0.1) is 10.9 Å². The van der Waals surface area contributed by atoms with Gasteiger partial charge in [0.1, 0.15) is 0 Å². The largest absolute Gasteiger partial charge is 0.325 e. The molecule has 0 unspecified atom stereocenters. The maximum atomic E-state index is 12.6. The van der Waals surface area contributed by atoms with Crippen LogP contribution in [-0.4, -0.2) is 32.5 Å². The van der Waals surface area contributed by atoms with Crippen molar-refractivity contribution in [3.8, 4) is 0 Å². The highest BCUT2D eigenvalue weighted by atomic mass is 32.2. The smallest absolute Gasteiger partial charge is 0.241 e. The van der Waals surface area contributed by atoms with Crippen LogP contribution >= 0.6 is 0 Å². The maximum Gasteiger partial charge on any atom is 0.241 e. The first-order valence-electron chi connectivity index (χ1n) is 9.37. The molecule has 1 heterocycles. The fourth-order valence-corrected chi connectivity index (χ4v) is 4.74. The third kappa shape index (κ3) is 5.19. The van der Waals surface area contributed by atoms with Crippen molar-refractivity contribution < 1.29 is 13.2 Å². The number of nitrogens with one attached hydrogen (secondary N) is 3. The molecular weight excluding hydrogens is 374 g/mol. The quantitative estimate of drug-likeness (QED) is 0.719. The molecule has 1 saturated heterocycles. The number of rotatable bonds is 5. The van der Waals surface area contributed by atoms with Gasteiger partial charge in [-0.25, -0.2) is 13.1 Å². The van der Waals surface area contributed by atoms with Crippen molar-refractivity contribution in [3.63, 3.8) is 0 Å². The summed E-state index contributed by atoms with van der Waals surface area (Å²) in [6, 6.07) is 16.1. The predicted molar refractivity (Wildman–Crippen MR) is 111 cm³/mol. The number of amides is 1. The molecule has 1 fully saturated rings. The van der Waals surface area contributed by atoms with Crippen molar-refractivity contribution in [3.05, 3.63) is 60.2 Å². The second-order valence-corrected chi connectivity index (χ2v) is 9.86. The minimum absolute atomic E-state index is 0.109. The number of carbonyl (C=O) groups excluding carboxylic acids is 1. The van der Waals surface area contributed by atoms with Crippen LogP contribution in [-0.2, 0) is 14.8 Å². The molecular formula is C21H27N3O3S. The summed E-state index contributed by atoms with van der Waals surface area (Å²) in [5.74, 6) is 0.204. The van der Waals surface area contributed by atoms with Gasteiger partial charge in [0.25, 0.3) is 0 Å². The zero-order valence-electron chi connectivity index (χ0n) is 16.4. The number of benzene rings is 2. The molecule has 2 aromatic carbocycles. The molecule has 0 aliphatic carbocycles. The van der Waals surface area contributed by atoms with Gasteiger partial charge in [0.2, 0.25) is 15.9 Å². The van der Waals surface area contributed by atoms with E-state index in [1.165, 1.54) is 17.7 Å². The van der Waals surface area contributed by atoms with Gasteiger partial charge in [-0.1, -0.05) is 30.3 Å². The first-order valence-corrected chi connectivity index (χ1v) is 10.9. The van der Waals surface area contributed by atoms with E-state index in [-0.39, 0.29) is 16.8 Å². The molecule has 2 atom stereocenters. The third-order valence-corrected chi connectivity index (χ3v) is 6.36. The van der Waals surface area contributed by atoms with Crippen LogP contribution in [0.25, 0.3) is 0 Å². The van der Waals surface area contributed by atoms with Crippen LogP contribution in [0.2, 0.25) is 0 Å². The first-order chi connectivity index (χ1) is 13.1. The summed E-state index contributed by atoms with van der Waals surface area (Å²) in [6.45, 7) is 6.13. The SMILES string of the molecule is CC(C)(C)NS(=O)(=O)c1ccc(NC(=O)[C@@H]2C[C@@H](c3ccccc3)CN2)cc1. The summed E-state index contributed by atoms with van der Waals surface area (Å²) < 4.78 is 27.3. The Morgan fingerprint density at radius 3 is 2.29 bits per heavy atom. The Balaban J connectivity index is 1.61. The minimum Gasteiger partial charge on any atom is -0.325 e. The van der Waals surface area contributed by atoms with Gasteiger partial charge in [-0.3, -0.25) is 4.79 Å². The summed E-state index contributed by atoms with van der Waals surface area (Å²) in [5, 5.41) is 6.13. The summed E-state index contributed by atoms with van der Waals surface area (Å²) in [4.78, 5) is 12.7. The van der Waals surface area contributed by atoms with Gasteiger partial charge in [0.15, 0.2) is 0 Å². The molecule has 1 amide bonds. The molecule has 28 heavy (non-hydrogen) atoms. The van der Waals surface area contributed by atoms with Gasteiger partial charge in [-0.2, -0.15) is 0 Å². The van der Waals surface area contributed by atoms with Crippen molar-refractivity contribution in [1.29, 1.82) is 0 Å². The Morgan fingerprint density at radius 2 is 1.68 bits per heavy atom. The lowest BCUT2D eigenvalue weighted by molar-refractivity contribution is -0.117. The average Bonchev–Trinajstić information content (AvgIpc) is 3.11. The monoisotopic (exact) mass is 401 g/mol. The Bertz CT molecular complexity index is 920. The van der Waals surface area contributed by atoms with Crippen molar-refractivity contribution >= 4 is 21.6 Å². The zero-order chi connectivity index (χ0) is 20.4. The highest BCUT2D eigenvalue weighted by molar-refractivity contribution is 7.89. The predicted octanol–water partition coefficient (Wildman–Crippen LogP) is 2.85. The number of carbonyl (C=O) groups is 1. The molecule has 0 saturated carbocycles. The van der Waals surface area contributed by atoms with Crippen LogP contribution in [0.3, 0.4) is 0 Å². The van der Waals surface area contributed by atoms with Crippen LogP contribution in [0.15, 0.2) is 59.5 Å². The lowest BCUT2D eigenvalue weighted by Gasteiger charge is -2.20. The standard InChI is InChI=1S/C21H27N3O3S/c1-21(2,3)24-28(26,27)18-11-9-17(10-12-18)23-20(25)19-13-16(14-22-19)15-7-5-4-6-8-15/h4-12,16,19,22,24H,13-14H2,1-3H3,(H,23,25)/t16-,19+/m1/s1. The van der Waals surface area contributed by atoms with Gasteiger partial charge < -0.3 is 10.6 Å². The fourth-order valence-electron chi connectivity index (χ4n) is 3.32.